The van der Waals surface area contributed by atoms with E-state index in [1.54, 1.807) is 13.1 Å². The number of carboxylic acid groups (broad SMARTS) is 1. The third-order valence-corrected chi connectivity index (χ3v) is 4.82. The Hall–Kier alpha value is -1.70. The van der Waals surface area contributed by atoms with Gasteiger partial charge in [-0.25, -0.2) is 19.9 Å². The van der Waals surface area contributed by atoms with Crippen molar-refractivity contribution >= 4 is 46.6 Å². The molecule has 3 heterocycles. The molecule has 26 heavy (non-hydrogen) atoms. The maximum atomic E-state index is 10.8. The number of nitrogens with zero attached hydrogens (tertiary/aromatic N) is 5. The van der Waals surface area contributed by atoms with E-state index in [4.69, 9.17) is 39.9 Å². The van der Waals surface area contributed by atoms with Crippen LogP contribution in [0, 0.1) is 19.8 Å². The molecular formula is C16H18Cl3N5O2. The SMILES string of the molecule is Cc1nc(Cl)cnc1Cl.Cc1nc(N2CCC(C(=O)O)CC2)cnc1Cl. The molecule has 0 spiro atoms. The van der Waals surface area contributed by atoms with Gasteiger partial charge in [-0.1, -0.05) is 34.8 Å². The molecule has 10 heteroatoms. The van der Waals surface area contributed by atoms with Crippen LogP contribution in [0.3, 0.4) is 0 Å². The number of rotatable bonds is 2. The number of carboxylic acids is 1. The zero-order valence-electron chi connectivity index (χ0n) is 14.3. The summed E-state index contributed by atoms with van der Waals surface area (Å²) in [5.41, 5.74) is 1.36. The van der Waals surface area contributed by atoms with E-state index in [1.807, 2.05) is 6.92 Å². The molecule has 1 aliphatic heterocycles. The first-order valence-corrected chi connectivity index (χ1v) is 9.03. The van der Waals surface area contributed by atoms with E-state index in [1.165, 1.54) is 6.20 Å². The Morgan fingerprint density at radius 1 is 1.04 bits per heavy atom. The highest BCUT2D eigenvalue weighted by Crippen LogP contribution is 2.22. The predicted octanol–water partition coefficient (Wildman–Crippen LogP) is 3.83. The molecular weight excluding hydrogens is 401 g/mol. The molecule has 2 aromatic heterocycles. The number of hydrogen-bond donors (Lipinski definition) is 1. The van der Waals surface area contributed by atoms with Gasteiger partial charge in [0.2, 0.25) is 0 Å². The minimum atomic E-state index is -0.706. The van der Waals surface area contributed by atoms with Crippen LogP contribution in [0.5, 0.6) is 0 Å². The summed E-state index contributed by atoms with van der Waals surface area (Å²) in [4.78, 5) is 28.9. The summed E-state index contributed by atoms with van der Waals surface area (Å²) in [6, 6.07) is 0. The lowest BCUT2D eigenvalue weighted by Gasteiger charge is -2.30. The molecule has 0 atom stereocenters. The van der Waals surface area contributed by atoms with Gasteiger partial charge in [0, 0.05) is 13.1 Å². The van der Waals surface area contributed by atoms with Crippen molar-refractivity contribution in [3.8, 4) is 0 Å². The topological polar surface area (TPSA) is 92.1 Å². The van der Waals surface area contributed by atoms with Crippen LogP contribution in [0.2, 0.25) is 15.5 Å². The summed E-state index contributed by atoms with van der Waals surface area (Å²) in [7, 11) is 0. The Balaban J connectivity index is 0.000000228. The van der Waals surface area contributed by atoms with Gasteiger partial charge in [0.25, 0.3) is 0 Å². The molecule has 1 saturated heterocycles. The zero-order valence-corrected chi connectivity index (χ0v) is 16.6. The Morgan fingerprint density at radius 2 is 1.58 bits per heavy atom. The van der Waals surface area contributed by atoms with Crippen LogP contribution >= 0.6 is 34.8 Å². The standard InChI is InChI=1S/C11H14ClN3O2.C5H4Cl2N2/c1-7-10(12)13-6-9(14-7)15-4-2-8(3-5-15)11(16)17;1-3-5(7)8-2-4(6)9-3/h6,8H,2-5H2,1H3,(H,16,17);2H,1H3. The number of anilines is 1. The average Bonchev–Trinajstić information content (AvgIpc) is 2.61. The number of hydrogen-bond acceptors (Lipinski definition) is 6. The van der Waals surface area contributed by atoms with Crippen LogP contribution in [-0.2, 0) is 4.79 Å². The first-order valence-electron chi connectivity index (χ1n) is 7.89. The number of aliphatic carboxylic acids is 1. The molecule has 1 N–H and O–H groups in total. The van der Waals surface area contributed by atoms with Crippen LogP contribution in [0.15, 0.2) is 12.4 Å². The maximum absolute atomic E-state index is 10.8. The molecule has 2 aromatic rings. The van der Waals surface area contributed by atoms with Gasteiger partial charge in [-0.05, 0) is 26.7 Å². The lowest BCUT2D eigenvalue weighted by Crippen LogP contribution is -2.36. The summed E-state index contributed by atoms with van der Waals surface area (Å²) in [5, 5.41) is 10.1. The predicted molar refractivity (Wildman–Crippen MR) is 101 cm³/mol. The number of carbonyl (C=O) groups is 1. The molecule has 0 unspecified atom stereocenters. The van der Waals surface area contributed by atoms with Crippen molar-refractivity contribution in [2.75, 3.05) is 18.0 Å². The van der Waals surface area contributed by atoms with Crippen molar-refractivity contribution in [1.29, 1.82) is 0 Å². The van der Waals surface area contributed by atoms with Crippen LogP contribution in [0.4, 0.5) is 5.82 Å². The van der Waals surface area contributed by atoms with Gasteiger partial charge in [0.05, 0.1) is 29.7 Å². The monoisotopic (exact) mass is 417 g/mol. The van der Waals surface area contributed by atoms with Gasteiger partial charge >= 0.3 is 5.97 Å². The van der Waals surface area contributed by atoms with Crippen molar-refractivity contribution in [2.45, 2.75) is 26.7 Å². The second-order valence-electron chi connectivity index (χ2n) is 5.77. The summed E-state index contributed by atoms with van der Waals surface area (Å²) in [6.45, 7) is 4.96. The van der Waals surface area contributed by atoms with Crippen molar-refractivity contribution < 1.29 is 9.90 Å². The van der Waals surface area contributed by atoms with Gasteiger partial charge in [-0.3, -0.25) is 4.79 Å². The normalized spacial score (nSPS) is 14.6. The fourth-order valence-electron chi connectivity index (χ4n) is 2.40. The Labute approximate surface area is 166 Å². The Bertz CT molecular complexity index is 782. The smallest absolute Gasteiger partial charge is 0.306 e. The van der Waals surface area contributed by atoms with E-state index in [-0.39, 0.29) is 5.92 Å². The third kappa shape index (κ3) is 5.65. The van der Waals surface area contributed by atoms with Crippen molar-refractivity contribution in [3.05, 3.63) is 39.2 Å². The van der Waals surface area contributed by atoms with E-state index >= 15 is 0 Å². The van der Waals surface area contributed by atoms with Crippen LogP contribution in [-0.4, -0.2) is 44.1 Å². The van der Waals surface area contributed by atoms with E-state index in [0.717, 1.165) is 5.82 Å². The first-order chi connectivity index (χ1) is 12.3. The van der Waals surface area contributed by atoms with Crippen LogP contribution in [0.25, 0.3) is 0 Å². The van der Waals surface area contributed by atoms with Gasteiger partial charge in [0.1, 0.15) is 21.3 Å². The van der Waals surface area contributed by atoms with Gasteiger partial charge in [-0.2, -0.15) is 0 Å². The maximum Gasteiger partial charge on any atom is 0.306 e. The molecule has 0 bridgehead atoms. The average molecular weight is 419 g/mol. The fraction of sp³-hybridized carbons (Fsp3) is 0.438. The van der Waals surface area contributed by atoms with Gasteiger partial charge < -0.3 is 10.0 Å². The lowest BCUT2D eigenvalue weighted by molar-refractivity contribution is -0.142. The van der Waals surface area contributed by atoms with Gasteiger partial charge in [0.15, 0.2) is 0 Å². The van der Waals surface area contributed by atoms with Crippen molar-refractivity contribution in [1.82, 2.24) is 19.9 Å². The minimum Gasteiger partial charge on any atom is -0.481 e. The Kier molecular flexibility index (Phi) is 7.37. The zero-order chi connectivity index (χ0) is 19.3. The number of piperidine rings is 1. The third-order valence-electron chi connectivity index (χ3n) is 3.90. The van der Waals surface area contributed by atoms with Crippen LogP contribution < -0.4 is 4.90 Å². The molecule has 140 valence electrons. The molecule has 3 rings (SSSR count). The highest BCUT2D eigenvalue weighted by molar-refractivity contribution is 6.31. The minimum absolute atomic E-state index is 0.229. The molecule has 1 aliphatic rings. The molecule has 7 nitrogen and oxygen atoms in total. The molecule has 1 fully saturated rings. The second-order valence-corrected chi connectivity index (χ2v) is 6.88. The number of aromatic nitrogens is 4. The van der Waals surface area contributed by atoms with E-state index in [9.17, 15) is 4.79 Å². The number of aryl methyl sites for hydroxylation is 2. The van der Waals surface area contributed by atoms with Gasteiger partial charge in [-0.15, -0.1) is 0 Å². The fourth-order valence-corrected chi connectivity index (χ4v) is 2.76. The summed E-state index contributed by atoms with van der Waals surface area (Å²) in [5.74, 6) is -0.161. The van der Waals surface area contributed by atoms with Crippen LogP contribution in [0.1, 0.15) is 24.2 Å². The van der Waals surface area contributed by atoms with Crippen molar-refractivity contribution in [3.63, 3.8) is 0 Å². The molecule has 0 amide bonds. The molecule has 0 aromatic carbocycles. The largest absolute Gasteiger partial charge is 0.481 e. The molecule has 0 aliphatic carbocycles. The van der Waals surface area contributed by atoms with E-state index in [2.05, 4.69) is 24.8 Å². The summed E-state index contributed by atoms with van der Waals surface area (Å²) >= 11 is 16.8. The summed E-state index contributed by atoms with van der Waals surface area (Å²) < 4.78 is 0. The number of halogens is 3. The second kappa shape index (κ2) is 9.30. The highest BCUT2D eigenvalue weighted by Gasteiger charge is 2.25. The molecule has 0 radical (unpaired) electrons. The molecule has 0 saturated carbocycles. The summed E-state index contributed by atoms with van der Waals surface area (Å²) in [6.07, 6.45) is 4.35. The quantitative estimate of drug-likeness (QED) is 0.792. The Morgan fingerprint density at radius 3 is 2.04 bits per heavy atom. The highest BCUT2D eigenvalue weighted by atomic mass is 35.5. The van der Waals surface area contributed by atoms with E-state index in [0.29, 0.717) is 52.8 Å². The van der Waals surface area contributed by atoms with Crippen molar-refractivity contribution in [2.24, 2.45) is 5.92 Å². The van der Waals surface area contributed by atoms with E-state index < -0.39 is 5.97 Å². The first kappa shape index (κ1) is 20.6. The lowest BCUT2D eigenvalue weighted by atomic mass is 9.97.